The minimum atomic E-state index is -1.41. The molecule has 420 valence electrons. The highest BCUT2D eigenvalue weighted by Crippen LogP contribution is 2.29. The van der Waals surface area contributed by atoms with Crippen LogP contribution in [0.4, 0.5) is 8.78 Å². The average molecular weight is 1120 g/mol. The molecule has 2 aliphatic rings. The van der Waals surface area contributed by atoms with Crippen molar-refractivity contribution >= 4 is 82.9 Å². The number of aryl methyl sites for hydroxylation is 4. The van der Waals surface area contributed by atoms with E-state index in [1.807, 2.05) is 67.5 Å². The first-order chi connectivity index (χ1) is 35.0. The average Bonchev–Trinajstić information content (AvgIpc) is 3.91. The van der Waals surface area contributed by atoms with Crippen LogP contribution in [0.3, 0.4) is 0 Å². The molecule has 2 aliphatic heterocycles. The van der Waals surface area contributed by atoms with Crippen LogP contribution in [0.2, 0.25) is 0 Å². The predicted octanol–water partition coefficient (Wildman–Crippen LogP) is 11.2. The highest BCUT2D eigenvalue weighted by molar-refractivity contribution is 6.67. The molecule has 76 heavy (non-hydrogen) atoms. The van der Waals surface area contributed by atoms with Crippen molar-refractivity contribution in [2.75, 3.05) is 31.5 Å². The maximum Gasteiger partial charge on any atom is 0.494 e. The molecule has 0 saturated carbocycles. The van der Waals surface area contributed by atoms with E-state index in [2.05, 4.69) is 64.1 Å². The zero-order valence-electron chi connectivity index (χ0n) is 46.6. The Morgan fingerprint density at radius 2 is 1.05 bits per heavy atom. The molecule has 0 aromatic heterocycles. The first-order valence-electron chi connectivity index (χ1n) is 25.4. The molecule has 4 N–H and O–H groups in total. The molecule has 0 aliphatic carbocycles. The van der Waals surface area contributed by atoms with E-state index in [0.29, 0.717) is 41.1 Å². The number of amides is 3. The number of nitrogens with one attached hydrogen (secondary N) is 2. The van der Waals surface area contributed by atoms with Crippen LogP contribution < -0.4 is 21.7 Å². The summed E-state index contributed by atoms with van der Waals surface area (Å²) in [4.78, 5) is 52.0. The van der Waals surface area contributed by atoms with E-state index in [4.69, 9.17) is 44.1 Å². The van der Waals surface area contributed by atoms with E-state index in [9.17, 15) is 33.6 Å². The Hall–Kier alpha value is -4.38. The third-order valence-electron chi connectivity index (χ3n) is 12.9. The quantitative estimate of drug-likeness (QED) is 0.0469. The van der Waals surface area contributed by atoms with Crippen LogP contribution in [0.25, 0.3) is 0 Å². The normalized spacial score (nSPS) is 13.1. The van der Waals surface area contributed by atoms with Gasteiger partial charge in [-0.05, 0) is 130 Å². The van der Waals surface area contributed by atoms with Gasteiger partial charge in [-0.25, -0.2) is 13.8 Å². The van der Waals surface area contributed by atoms with Crippen molar-refractivity contribution in [3.63, 3.8) is 0 Å². The van der Waals surface area contributed by atoms with Gasteiger partial charge in [0.15, 0.2) is 0 Å². The summed E-state index contributed by atoms with van der Waals surface area (Å²) >= 11 is 14.8. The van der Waals surface area contributed by atoms with Gasteiger partial charge in [0, 0.05) is 28.6 Å². The molecule has 4 aromatic rings. The zero-order chi connectivity index (χ0) is 57.1. The molecule has 19 heteroatoms. The minimum absolute atomic E-state index is 0. The second-order valence-corrected chi connectivity index (χ2v) is 21.8. The number of hydrazine groups is 1. The van der Waals surface area contributed by atoms with Gasteiger partial charge in [-0.3, -0.25) is 24.6 Å². The largest absolute Gasteiger partial charge is 0.494 e. The molecule has 0 bridgehead atoms. The molecule has 2 atom stereocenters. The van der Waals surface area contributed by atoms with Crippen LogP contribution >= 0.6 is 34.8 Å². The van der Waals surface area contributed by atoms with Gasteiger partial charge in [-0.1, -0.05) is 137 Å². The fraction of sp³-hybridized carbons (Fsp3) is 0.509. The lowest BCUT2D eigenvalue weighted by molar-refractivity contribution is 0.0283. The van der Waals surface area contributed by atoms with Crippen molar-refractivity contribution in [1.82, 2.24) is 20.7 Å². The third kappa shape index (κ3) is 20.4. The van der Waals surface area contributed by atoms with Crippen LogP contribution in [-0.4, -0.2) is 94.7 Å². The Morgan fingerprint density at radius 3 is 1.38 bits per heavy atom. The number of hydrogen-bond donors (Lipinski definition) is 4. The van der Waals surface area contributed by atoms with Gasteiger partial charge in [-0.15, -0.1) is 23.2 Å². The zero-order valence-corrected chi connectivity index (χ0v) is 48.8. The summed E-state index contributed by atoms with van der Waals surface area (Å²) in [6.45, 7) is 34.9. The van der Waals surface area contributed by atoms with Crippen LogP contribution in [-0.2, 0) is 22.5 Å². The summed E-state index contributed by atoms with van der Waals surface area (Å²) < 4.78 is 39.5. The lowest BCUT2D eigenvalue weighted by Gasteiger charge is -2.39. The van der Waals surface area contributed by atoms with Gasteiger partial charge in [0.05, 0.1) is 35.7 Å². The fourth-order valence-corrected chi connectivity index (χ4v) is 9.01. The van der Waals surface area contributed by atoms with Crippen molar-refractivity contribution in [2.24, 2.45) is 16.7 Å². The Balaban J connectivity index is 0.000000563. The molecule has 2 heterocycles. The molecule has 3 amide bonds. The SMILES string of the molecule is C.CCN(CC)CC.CC[C@@H](CNC(=O)c1ccc2c(c1F)B(O)OC2)C(C)(C)C.CC[C@@H](N(NC(=O)c1ccc2c(c1F)B(O)OC2)C(=O)c1cc(C)cc(C)c1)C(C)(C)C.Cc1cc(C)cc(C(=O)Cl)c1.ClCCl. The predicted molar refractivity (Wildman–Crippen MR) is 309 cm³/mol. The molecule has 4 aromatic carbocycles. The summed E-state index contributed by atoms with van der Waals surface area (Å²) in [7, 11) is -2.70. The van der Waals surface area contributed by atoms with Gasteiger partial charge < -0.3 is 29.6 Å². The smallest absolute Gasteiger partial charge is 0.423 e. The Morgan fingerprint density at radius 1 is 0.658 bits per heavy atom. The standard InChI is InChI=1S/C24H30BFN2O4.C16H23BFNO3.C9H9ClO.C6H15N.CH2Cl2.CH4/c1-7-19(24(4,5)6)28(23(30)17-11-14(2)10-15(3)12-17)27-22(29)18-9-8-16-13-32-25(31)20(16)21(18)26;1-5-11(16(2,3)4)8-19-15(20)12-7-6-10-9-22-17(21)13(10)14(12)18;1-6-3-7(2)5-8(4-6)9(10)11;1-4-7(5-2)6-3;2-1-3;/h8-12,19,31H,7,13H2,1-6H3,(H,27,29);6-7,11,21H,5,8-9H2,1-4H3,(H,19,20);3-5H,1-2H3;4-6H2,1-3H3;1H2;1H4/t19-;11-;;;;/m10..../s1. The Bertz CT molecular complexity index is 2500. The molecule has 0 radical (unpaired) electrons. The van der Waals surface area contributed by atoms with E-state index < -0.39 is 42.9 Å². The number of rotatable bonds is 12. The third-order valence-corrected chi connectivity index (χ3v) is 13.2. The van der Waals surface area contributed by atoms with Crippen LogP contribution in [0.1, 0.15) is 171 Å². The van der Waals surface area contributed by atoms with Gasteiger partial charge in [0.25, 0.3) is 23.0 Å². The topological polar surface area (TPSA) is 158 Å². The minimum Gasteiger partial charge on any atom is -0.423 e. The maximum atomic E-state index is 15.1. The van der Waals surface area contributed by atoms with Crippen molar-refractivity contribution in [3.8, 4) is 0 Å². The Labute approximate surface area is 468 Å². The van der Waals surface area contributed by atoms with E-state index >= 15 is 4.39 Å². The number of fused-ring (bicyclic) bond motifs is 2. The molecule has 12 nitrogen and oxygen atoms in total. The highest BCUT2D eigenvalue weighted by Gasteiger charge is 2.38. The number of halogens is 5. The summed E-state index contributed by atoms with van der Waals surface area (Å²) in [6, 6.07) is 16.7. The number of benzene rings is 4. The first kappa shape index (κ1) is 69.6. The van der Waals surface area contributed by atoms with Gasteiger partial charge in [-0.2, -0.15) is 0 Å². The van der Waals surface area contributed by atoms with E-state index in [1.54, 1.807) is 36.4 Å². The lowest BCUT2D eigenvalue weighted by Crippen LogP contribution is -2.56. The number of alkyl halides is 2. The summed E-state index contributed by atoms with van der Waals surface area (Å²) in [5.74, 6) is -2.80. The summed E-state index contributed by atoms with van der Waals surface area (Å²) in [5, 5.41) is 23.5. The second-order valence-electron chi connectivity index (χ2n) is 20.7. The molecule has 6 rings (SSSR count). The van der Waals surface area contributed by atoms with E-state index in [0.717, 1.165) is 28.7 Å². The maximum absolute atomic E-state index is 15.1. The summed E-state index contributed by atoms with van der Waals surface area (Å²) in [5.41, 5.74) is 8.22. The van der Waals surface area contributed by atoms with Gasteiger partial charge in [0.2, 0.25) is 0 Å². The molecule has 0 spiro atoms. The van der Waals surface area contributed by atoms with E-state index in [1.165, 1.54) is 36.8 Å². The number of nitrogens with zero attached hydrogens (tertiary/aromatic N) is 2. The second kappa shape index (κ2) is 32.5. The van der Waals surface area contributed by atoms with Crippen molar-refractivity contribution in [2.45, 2.75) is 143 Å². The fourth-order valence-electron chi connectivity index (χ4n) is 8.90. The summed E-state index contributed by atoms with van der Waals surface area (Å²) in [6.07, 6.45) is 1.52. The molecular weight excluding hydrogens is 1030 g/mol. The van der Waals surface area contributed by atoms with Gasteiger partial charge in [0.1, 0.15) is 11.6 Å². The van der Waals surface area contributed by atoms with Gasteiger partial charge >= 0.3 is 14.2 Å². The van der Waals surface area contributed by atoms with Crippen molar-refractivity contribution < 1.29 is 47.3 Å². The number of carbonyl (C=O) groups is 4. The molecule has 0 unspecified atom stereocenters. The number of carbonyl (C=O) groups excluding carboxylic acids is 4. The molecular formula is C57H83B2Cl3F2N4O8. The molecule has 0 saturated heterocycles. The van der Waals surface area contributed by atoms with Crippen LogP contribution in [0.5, 0.6) is 0 Å². The number of hydrogen-bond acceptors (Lipinski definition) is 9. The Kier molecular flexibility index (Phi) is 29.8. The van der Waals surface area contributed by atoms with Crippen molar-refractivity contribution in [1.29, 1.82) is 0 Å². The lowest BCUT2D eigenvalue weighted by atomic mass is 9.78. The molecule has 0 fully saturated rings. The van der Waals surface area contributed by atoms with E-state index in [-0.39, 0.29) is 70.8 Å². The monoisotopic (exact) mass is 1120 g/mol. The van der Waals surface area contributed by atoms with Crippen LogP contribution in [0.15, 0.2) is 60.7 Å². The highest BCUT2D eigenvalue weighted by atomic mass is 35.5. The van der Waals surface area contributed by atoms with Crippen molar-refractivity contribution in [3.05, 3.63) is 128 Å². The van der Waals surface area contributed by atoms with Crippen LogP contribution in [0, 0.1) is 56.1 Å². The first-order valence-corrected chi connectivity index (χ1v) is 26.8.